The van der Waals surface area contributed by atoms with Crippen LogP contribution in [0.4, 0.5) is 0 Å². The minimum atomic E-state index is -4.40. The molecule has 0 bridgehead atoms. The summed E-state index contributed by atoms with van der Waals surface area (Å²) in [4.78, 5) is 0. The molecule has 6 rings (SSSR count). The van der Waals surface area contributed by atoms with Crippen LogP contribution in [-0.4, -0.2) is 72.7 Å². The van der Waals surface area contributed by atoms with E-state index in [0.717, 1.165) is 103 Å². The number of azo groups is 2. The SMILES string of the molecule is NC1C(N=NC2CCC(C3CCC(N=NC4CC(S(=O)(=O)[O-])C5CCCCC5C4N)CC3)CC2)CC(S(=O)(=O)[O-])C2CCCCC12.[Na+].[Na+]. The van der Waals surface area contributed by atoms with Crippen LogP contribution in [0.1, 0.15) is 116 Å². The van der Waals surface area contributed by atoms with E-state index in [-0.39, 0.29) is 120 Å². The Morgan fingerprint density at radius 1 is 0.458 bits per heavy atom. The molecule has 16 heteroatoms. The average molecular weight is 729 g/mol. The molecular formula is C32H54N6Na2O6S2. The van der Waals surface area contributed by atoms with Crippen LogP contribution >= 0.6 is 0 Å². The zero-order chi connectivity index (χ0) is 32.6. The molecular weight excluding hydrogens is 675 g/mol. The van der Waals surface area contributed by atoms with Crippen LogP contribution in [0.5, 0.6) is 0 Å². The molecule has 6 saturated carbocycles. The van der Waals surface area contributed by atoms with Crippen molar-refractivity contribution in [2.75, 3.05) is 0 Å². The van der Waals surface area contributed by atoms with Gasteiger partial charge in [0.05, 0.1) is 54.9 Å². The Morgan fingerprint density at radius 2 is 0.771 bits per heavy atom. The molecule has 0 aromatic rings. The van der Waals surface area contributed by atoms with Crippen molar-refractivity contribution in [3.05, 3.63) is 0 Å². The van der Waals surface area contributed by atoms with Gasteiger partial charge < -0.3 is 20.6 Å². The summed E-state index contributed by atoms with van der Waals surface area (Å²) in [5.41, 5.74) is 13.2. The normalized spacial score (nSPS) is 44.2. The zero-order valence-electron chi connectivity index (χ0n) is 29.0. The van der Waals surface area contributed by atoms with Crippen LogP contribution in [0.25, 0.3) is 0 Å². The molecule has 0 aromatic heterocycles. The summed E-state index contributed by atoms with van der Waals surface area (Å²) in [6.07, 6.45) is 15.7. The first kappa shape index (κ1) is 41.7. The second kappa shape index (κ2) is 17.8. The molecule has 12 nitrogen and oxygen atoms in total. The minimum Gasteiger partial charge on any atom is -0.748 e. The monoisotopic (exact) mass is 728 g/mol. The first-order chi connectivity index (χ1) is 21.9. The van der Waals surface area contributed by atoms with Crippen LogP contribution < -0.4 is 70.6 Å². The molecule has 48 heavy (non-hydrogen) atoms. The summed E-state index contributed by atoms with van der Waals surface area (Å²) in [7, 11) is -8.80. The second-order valence-corrected chi connectivity index (χ2v) is 18.8. The van der Waals surface area contributed by atoms with Crippen LogP contribution in [0.15, 0.2) is 20.5 Å². The maximum Gasteiger partial charge on any atom is 1.00 e. The van der Waals surface area contributed by atoms with Gasteiger partial charge >= 0.3 is 59.1 Å². The van der Waals surface area contributed by atoms with Crippen molar-refractivity contribution in [3.63, 3.8) is 0 Å². The van der Waals surface area contributed by atoms with E-state index in [1.54, 1.807) is 0 Å². The van der Waals surface area contributed by atoms with Crippen molar-refractivity contribution < 1.29 is 85.1 Å². The van der Waals surface area contributed by atoms with Gasteiger partial charge in [-0.25, -0.2) is 16.8 Å². The predicted molar refractivity (Wildman–Crippen MR) is 172 cm³/mol. The summed E-state index contributed by atoms with van der Waals surface area (Å²) >= 11 is 0. The Hall–Kier alpha value is 0.940. The van der Waals surface area contributed by atoms with Crippen LogP contribution in [0.3, 0.4) is 0 Å². The molecule has 4 N–H and O–H groups in total. The summed E-state index contributed by atoms with van der Waals surface area (Å²) in [6.45, 7) is 0. The topological polar surface area (TPSA) is 216 Å². The van der Waals surface area contributed by atoms with Crippen molar-refractivity contribution >= 4 is 20.2 Å². The first-order valence-corrected chi connectivity index (χ1v) is 21.0. The van der Waals surface area contributed by atoms with E-state index in [9.17, 15) is 25.9 Å². The Morgan fingerprint density at radius 3 is 1.08 bits per heavy atom. The van der Waals surface area contributed by atoms with Crippen molar-refractivity contribution in [2.45, 2.75) is 162 Å². The molecule has 6 aliphatic rings. The van der Waals surface area contributed by atoms with E-state index < -0.39 is 42.8 Å². The third kappa shape index (κ3) is 9.72. The molecule has 262 valence electrons. The molecule has 0 radical (unpaired) electrons. The Balaban J connectivity index is 0.00000260. The predicted octanol–water partition coefficient (Wildman–Crippen LogP) is -1.34. The largest absolute Gasteiger partial charge is 1.00 e. The smallest absolute Gasteiger partial charge is 0.748 e. The van der Waals surface area contributed by atoms with Crippen LogP contribution in [-0.2, 0) is 20.2 Å². The van der Waals surface area contributed by atoms with Gasteiger partial charge in [0.2, 0.25) is 0 Å². The van der Waals surface area contributed by atoms with E-state index in [1.165, 1.54) is 0 Å². The van der Waals surface area contributed by atoms with E-state index >= 15 is 0 Å². The molecule has 10 unspecified atom stereocenters. The quantitative estimate of drug-likeness (QED) is 0.181. The molecule has 0 aromatic carbocycles. The van der Waals surface area contributed by atoms with E-state index in [4.69, 9.17) is 11.5 Å². The minimum absolute atomic E-state index is 0. The van der Waals surface area contributed by atoms with Crippen LogP contribution in [0, 0.1) is 35.5 Å². The number of hydrogen-bond acceptors (Lipinski definition) is 12. The first-order valence-electron chi connectivity index (χ1n) is 18.1. The summed E-state index contributed by atoms with van der Waals surface area (Å²) in [5, 5.41) is 16.8. The van der Waals surface area contributed by atoms with Gasteiger partial charge in [-0.2, -0.15) is 20.5 Å². The van der Waals surface area contributed by atoms with Crippen molar-refractivity contribution in [3.8, 4) is 0 Å². The Kier molecular flexibility index (Phi) is 15.5. The molecule has 10 atom stereocenters. The molecule has 0 aliphatic heterocycles. The zero-order valence-corrected chi connectivity index (χ0v) is 34.7. The molecule has 6 aliphatic carbocycles. The Labute approximate surface area is 332 Å². The molecule has 0 amide bonds. The van der Waals surface area contributed by atoms with Gasteiger partial charge in [-0.3, -0.25) is 0 Å². The number of rotatable bonds is 7. The third-order valence-corrected chi connectivity index (χ3v) is 15.7. The van der Waals surface area contributed by atoms with Gasteiger partial charge in [0, 0.05) is 12.1 Å². The number of nitrogens with zero attached hydrogens (tertiary/aromatic N) is 4. The fraction of sp³-hybridized carbons (Fsp3) is 1.00. The second-order valence-electron chi connectivity index (χ2n) is 15.6. The van der Waals surface area contributed by atoms with E-state index in [1.807, 2.05) is 0 Å². The fourth-order valence-electron chi connectivity index (χ4n) is 10.6. The third-order valence-electron chi connectivity index (χ3n) is 13.2. The fourth-order valence-corrected chi connectivity index (χ4v) is 13.0. The number of nitrogens with two attached hydrogens (primary N) is 2. The molecule has 0 spiro atoms. The average Bonchev–Trinajstić information content (AvgIpc) is 3.04. The maximum atomic E-state index is 12.1. The van der Waals surface area contributed by atoms with Crippen LogP contribution in [0.2, 0.25) is 0 Å². The summed E-state index contributed by atoms with van der Waals surface area (Å²) < 4.78 is 72.6. The van der Waals surface area contributed by atoms with Crippen molar-refractivity contribution in [2.24, 2.45) is 67.4 Å². The van der Waals surface area contributed by atoms with Gasteiger partial charge in [0.15, 0.2) is 0 Å². The van der Waals surface area contributed by atoms with E-state index in [2.05, 4.69) is 20.5 Å². The van der Waals surface area contributed by atoms with E-state index in [0.29, 0.717) is 11.8 Å². The van der Waals surface area contributed by atoms with Crippen molar-refractivity contribution in [1.82, 2.24) is 0 Å². The maximum absolute atomic E-state index is 12.1. The van der Waals surface area contributed by atoms with Gasteiger partial charge in [-0.15, -0.1) is 0 Å². The number of fused-ring (bicyclic) bond motifs is 2. The molecule has 0 heterocycles. The standard InChI is InChI=1S/C32H56N6O6S2.2Na/c33-31-25-7-3-1-5-23(25)29(45(39,40)41)17-27(31)37-35-21-13-9-19(10-14-21)20-11-15-22(16-12-20)36-38-28-18-30(46(42,43)44)24-6-2-4-8-26(24)32(28)34;;/h19-32H,1-18,33-34H2,(H,39,40,41)(H,42,43,44);;/q;2*+1/p-2. The summed E-state index contributed by atoms with van der Waals surface area (Å²) in [5.74, 6) is 1.04. The molecule has 6 fully saturated rings. The van der Waals surface area contributed by atoms with Gasteiger partial charge in [0.1, 0.15) is 0 Å². The Bertz CT molecular complexity index is 1230. The van der Waals surface area contributed by atoms with Crippen molar-refractivity contribution in [1.29, 1.82) is 0 Å². The van der Waals surface area contributed by atoms with Gasteiger partial charge in [-0.1, -0.05) is 25.7 Å². The van der Waals surface area contributed by atoms with Gasteiger partial charge in [0.25, 0.3) is 0 Å². The summed E-state index contributed by atoms with van der Waals surface area (Å²) in [6, 6.07) is -1.06. The number of hydrogen-bond donors (Lipinski definition) is 2. The van der Waals surface area contributed by atoms with Gasteiger partial charge in [-0.05, 0) is 125 Å². The molecule has 0 saturated heterocycles.